The molecule has 1 aromatic carbocycles. The molecule has 0 aliphatic heterocycles. The summed E-state index contributed by atoms with van der Waals surface area (Å²) in [6.07, 6.45) is 1.48. The third kappa shape index (κ3) is 3.45. The first-order chi connectivity index (χ1) is 9.19. The van der Waals surface area contributed by atoms with Crippen LogP contribution in [0.15, 0.2) is 42.6 Å². The lowest BCUT2D eigenvalue weighted by Gasteiger charge is -2.06. The van der Waals surface area contributed by atoms with Crippen LogP contribution in [-0.2, 0) is 4.74 Å². The van der Waals surface area contributed by atoms with Crippen LogP contribution in [0, 0.1) is 0 Å². The van der Waals surface area contributed by atoms with E-state index in [4.69, 9.17) is 10.5 Å². The molecule has 0 spiro atoms. The van der Waals surface area contributed by atoms with Crippen LogP contribution in [0.5, 0.6) is 0 Å². The predicted molar refractivity (Wildman–Crippen MR) is 74.3 cm³/mol. The molecule has 5 heteroatoms. The summed E-state index contributed by atoms with van der Waals surface area (Å²) < 4.78 is 4.89. The first-order valence-corrected chi connectivity index (χ1v) is 5.95. The summed E-state index contributed by atoms with van der Waals surface area (Å²) in [6, 6.07) is 10.7. The number of hydrogen-bond acceptors (Lipinski definition) is 5. The van der Waals surface area contributed by atoms with Gasteiger partial charge in [0, 0.05) is 17.6 Å². The van der Waals surface area contributed by atoms with Crippen LogP contribution < -0.4 is 11.1 Å². The Morgan fingerprint density at radius 3 is 2.58 bits per heavy atom. The third-order valence-electron chi connectivity index (χ3n) is 2.46. The van der Waals surface area contributed by atoms with Gasteiger partial charge < -0.3 is 15.8 Å². The number of carbonyl (C=O) groups is 1. The largest absolute Gasteiger partial charge is 0.462 e. The van der Waals surface area contributed by atoms with Crippen LogP contribution in [-0.4, -0.2) is 17.6 Å². The fraction of sp³-hybridized carbons (Fsp3) is 0.143. The fourth-order valence-electron chi connectivity index (χ4n) is 1.52. The zero-order valence-electron chi connectivity index (χ0n) is 10.6. The van der Waals surface area contributed by atoms with Crippen molar-refractivity contribution in [3.8, 4) is 0 Å². The number of esters is 1. The van der Waals surface area contributed by atoms with Crippen molar-refractivity contribution in [2.45, 2.75) is 6.92 Å². The molecule has 3 N–H and O–H groups in total. The van der Waals surface area contributed by atoms with Crippen molar-refractivity contribution in [3.63, 3.8) is 0 Å². The van der Waals surface area contributed by atoms with E-state index in [0.29, 0.717) is 23.7 Å². The van der Waals surface area contributed by atoms with Crippen LogP contribution in [0.3, 0.4) is 0 Å². The van der Waals surface area contributed by atoms with Crippen molar-refractivity contribution in [2.75, 3.05) is 17.7 Å². The van der Waals surface area contributed by atoms with E-state index in [-0.39, 0.29) is 5.97 Å². The van der Waals surface area contributed by atoms with Gasteiger partial charge in [-0.05, 0) is 43.3 Å². The van der Waals surface area contributed by atoms with Gasteiger partial charge in [-0.3, -0.25) is 0 Å². The lowest BCUT2D eigenvalue weighted by molar-refractivity contribution is 0.0526. The van der Waals surface area contributed by atoms with Gasteiger partial charge in [0.2, 0.25) is 0 Å². The highest BCUT2D eigenvalue weighted by Crippen LogP contribution is 2.16. The number of carbonyl (C=O) groups excluding carboxylic acids is 1. The normalized spacial score (nSPS) is 9.95. The van der Waals surface area contributed by atoms with Gasteiger partial charge in [0.25, 0.3) is 0 Å². The Labute approximate surface area is 111 Å². The van der Waals surface area contributed by atoms with Gasteiger partial charge in [-0.25, -0.2) is 9.78 Å². The molecule has 19 heavy (non-hydrogen) atoms. The monoisotopic (exact) mass is 257 g/mol. The summed E-state index contributed by atoms with van der Waals surface area (Å²) in [5.41, 5.74) is 7.63. The fourth-order valence-corrected chi connectivity index (χ4v) is 1.52. The van der Waals surface area contributed by atoms with Gasteiger partial charge in [-0.15, -0.1) is 0 Å². The van der Waals surface area contributed by atoms with Crippen LogP contribution in [0.25, 0.3) is 0 Å². The maximum absolute atomic E-state index is 11.5. The average Bonchev–Trinajstić information content (AvgIpc) is 2.42. The van der Waals surface area contributed by atoms with Crippen LogP contribution in [0.2, 0.25) is 0 Å². The molecule has 1 aromatic heterocycles. The summed E-state index contributed by atoms with van der Waals surface area (Å²) >= 11 is 0. The Balaban J connectivity index is 2.06. The molecular weight excluding hydrogens is 242 g/mol. The van der Waals surface area contributed by atoms with E-state index in [1.54, 1.807) is 31.2 Å². The maximum Gasteiger partial charge on any atom is 0.339 e. The smallest absolute Gasteiger partial charge is 0.339 e. The zero-order valence-corrected chi connectivity index (χ0v) is 10.6. The summed E-state index contributed by atoms with van der Waals surface area (Å²) in [4.78, 5) is 15.6. The molecule has 2 aromatic rings. The minimum atomic E-state index is -0.367. The van der Waals surface area contributed by atoms with Gasteiger partial charge in [0.15, 0.2) is 0 Å². The number of ether oxygens (including phenoxy) is 1. The highest BCUT2D eigenvalue weighted by atomic mass is 16.5. The van der Waals surface area contributed by atoms with E-state index in [9.17, 15) is 4.79 Å². The molecule has 0 amide bonds. The first kappa shape index (κ1) is 12.9. The third-order valence-corrected chi connectivity index (χ3v) is 2.46. The number of rotatable bonds is 4. The van der Waals surface area contributed by atoms with Crippen molar-refractivity contribution in [2.24, 2.45) is 0 Å². The highest BCUT2D eigenvalue weighted by molar-refractivity contribution is 5.89. The Morgan fingerprint density at radius 1 is 1.26 bits per heavy atom. The number of nitrogen functional groups attached to an aromatic ring is 1. The lowest BCUT2D eigenvalue weighted by Crippen LogP contribution is -2.05. The molecular formula is C14H15N3O2. The SMILES string of the molecule is CCOC(=O)c1ccc(Nc2ccc(N)cc2)nc1. The van der Waals surface area contributed by atoms with E-state index in [1.165, 1.54) is 6.20 Å². The van der Waals surface area contributed by atoms with E-state index < -0.39 is 0 Å². The van der Waals surface area contributed by atoms with Crippen molar-refractivity contribution >= 4 is 23.2 Å². The summed E-state index contributed by atoms with van der Waals surface area (Å²) in [7, 11) is 0. The second-order valence-corrected chi connectivity index (χ2v) is 3.90. The molecule has 98 valence electrons. The Morgan fingerprint density at radius 2 is 2.00 bits per heavy atom. The number of nitrogens with two attached hydrogens (primary N) is 1. The standard InChI is InChI=1S/C14H15N3O2/c1-2-19-14(18)10-3-8-13(16-9-10)17-12-6-4-11(15)5-7-12/h3-9H,2,15H2,1H3,(H,16,17). The van der Waals surface area contributed by atoms with E-state index >= 15 is 0 Å². The second kappa shape index (κ2) is 5.86. The van der Waals surface area contributed by atoms with Crippen molar-refractivity contribution in [3.05, 3.63) is 48.2 Å². The molecule has 0 atom stereocenters. The van der Waals surface area contributed by atoms with Crippen molar-refractivity contribution in [1.29, 1.82) is 0 Å². The zero-order chi connectivity index (χ0) is 13.7. The number of hydrogen-bond donors (Lipinski definition) is 2. The molecule has 0 aliphatic rings. The lowest BCUT2D eigenvalue weighted by atomic mass is 10.2. The Hall–Kier alpha value is -2.56. The van der Waals surface area contributed by atoms with E-state index in [1.807, 2.05) is 12.1 Å². The number of anilines is 3. The quantitative estimate of drug-likeness (QED) is 0.650. The molecule has 5 nitrogen and oxygen atoms in total. The van der Waals surface area contributed by atoms with Gasteiger partial charge in [0.1, 0.15) is 5.82 Å². The minimum Gasteiger partial charge on any atom is -0.462 e. The molecule has 0 fully saturated rings. The van der Waals surface area contributed by atoms with Gasteiger partial charge in [-0.2, -0.15) is 0 Å². The Bertz CT molecular complexity index is 550. The second-order valence-electron chi connectivity index (χ2n) is 3.90. The summed E-state index contributed by atoms with van der Waals surface area (Å²) in [6.45, 7) is 2.12. The molecule has 0 saturated carbocycles. The van der Waals surface area contributed by atoms with Gasteiger partial charge in [-0.1, -0.05) is 0 Å². The van der Waals surface area contributed by atoms with Gasteiger partial charge >= 0.3 is 5.97 Å². The average molecular weight is 257 g/mol. The number of benzene rings is 1. The van der Waals surface area contributed by atoms with Crippen LogP contribution in [0.1, 0.15) is 17.3 Å². The first-order valence-electron chi connectivity index (χ1n) is 5.95. The van der Waals surface area contributed by atoms with Crippen LogP contribution >= 0.6 is 0 Å². The summed E-state index contributed by atoms with van der Waals surface area (Å²) in [5, 5.41) is 3.11. The minimum absolute atomic E-state index is 0.351. The maximum atomic E-state index is 11.5. The van der Waals surface area contributed by atoms with E-state index in [0.717, 1.165) is 5.69 Å². The van der Waals surface area contributed by atoms with Crippen molar-refractivity contribution in [1.82, 2.24) is 4.98 Å². The van der Waals surface area contributed by atoms with Gasteiger partial charge in [0.05, 0.1) is 12.2 Å². The predicted octanol–water partition coefficient (Wildman–Crippen LogP) is 2.58. The molecule has 0 aliphatic carbocycles. The van der Waals surface area contributed by atoms with Crippen molar-refractivity contribution < 1.29 is 9.53 Å². The van der Waals surface area contributed by atoms with E-state index in [2.05, 4.69) is 10.3 Å². The molecule has 0 unspecified atom stereocenters. The molecule has 0 bridgehead atoms. The Kier molecular flexibility index (Phi) is 3.97. The number of pyridine rings is 1. The summed E-state index contributed by atoms with van der Waals surface area (Å²) in [5.74, 6) is 0.284. The van der Waals surface area contributed by atoms with Crippen LogP contribution in [0.4, 0.5) is 17.2 Å². The molecule has 2 rings (SSSR count). The number of aromatic nitrogens is 1. The number of nitrogens with zero attached hydrogens (tertiary/aromatic N) is 1. The molecule has 0 saturated heterocycles. The topological polar surface area (TPSA) is 77.2 Å². The highest BCUT2D eigenvalue weighted by Gasteiger charge is 2.06. The molecule has 1 heterocycles. The number of nitrogens with one attached hydrogen (secondary N) is 1. The molecule has 0 radical (unpaired) electrons.